The molecular formula is C14H28N2OS. The highest BCUT2D eigenvalue weighted by atomic mass is 32.2. The zero-order chi connectivity index (χ0) is 13.8. The summed E-state index contributed by atoms with van der Waals surface area (Å²) >= 11 is 2.00. The highest BCUT2D eigenvalue weighted by Gasteiger charge is 2.41. The van der Waals surface area contributed by atoms with Crippen LogP contribution in [0.4, 0.5) is 0 Å². The van der Waals surface area contributed by atoms with Gasteiger partial charge in [-0.25, -0.2) is 0 Å². The molecule has 1 aliphatic carbocycles. The average molecular weight is 272 g/mol. The molecule has 0 bridgehead atoms. The van der Waals surface area contributed by atoms with Crippen molar-refractivity contribution < 1.29 is 4.79 Å². The van der Waals surface area contributed by atoms with Gasteiger partial charge in [0.1, 0.15) is 0 Å². The molecule has 0 aromatic heterocycles. The number of carbonyl (C=O) groups excluding carboxylic acids is 1. The highest BCUT2D eigenvalue weighted by Crippen LogP contribution is 2.36. The monoisotopic (exact) mass is 272 g/mol. The Morgan fingerprint density at radius 2 is 2.11 bits per heavy atom. The highest BCUT2D eigenvalue weighted by molar-refractivity contribution is 7.99. The Hall–Kier alpha value is -0.220. The minimum absolute atomic E-state index is 0.175. The zero-order valence-corrected chi connectivity index (χ0v) is 13.0. The Morgan fingerprint density at radius 3 is 2.61 bits per heavy atom. The van der Waals surface area contributed by atoms with Crippen molar-refractivity contribution >= 4 is 17.7 Å². The van der Waals surface area contributed by atoms with Crippen LogP contribution in [0.5, 0.6) is 0 Å². The van der Waals surface area contributed by atoms with E-state index in [-0.39, 0.29) is 5.91 Å². The second-order valence-electron chi connectivity index (χ2n) is 6.19. The molecule has 106 valence electrons. The number of primary amides is 1. The average Bonchev–Trinajstić information content (AvgIpc) is 2.25. The lowest BCUT2D eigenvalue weighted by Gasteiger charge is -2.40. The van der Waals surface area contributed by atoms with Crippen LogP contribution in [0, 0.1) is 5.92 Å². The molecule has 0 heterocycles. The summed E-state index contributed by atoms with van der Waals surface area (Å²) < 4.78 is 0. The van der Waals surface area contributed by atoms with Crippen LogP contribution in [0.2, 0.25) is 0 Å². The van der Waals surface area contributed by atoms with E-state index >= 15 is 0 Å². The number of nitrogens with one attached hydrogen (secondary N) is 1. The molecule has 0 saturated heterocycles. The van der Waals surface area contributed by atoms with Gasteiger partial charge in [-0.2, -0.15) is 11.8 Å². The summed E-state index contributed by atoms with van der Waals surface area (Å²) in [5, 5.41) is 3.99. The van der Waals surface area contributed by atoms with Crippen LogP contribution in [0.3, 0.4) is 0 Å². The SMILES string of the molecule is CC(C)CSC1CCCC(NC(C)C)(C(N)=O)C1. The molecule has 4 heteroatoms. The van der Waals surface area contributed by atoms with Gasteiger partial charge in [0.15, 0.2) is 0 Å². The molecule has 0 radical (unpaired) electrons. The molecular weight excluding hydrogens is 244 g/mol. The Balaban J connectivity index is 2.64. The second kappa shape index (κ2) is 6.80. The fourth-order valence-corrected chi connectivity index (χ4v) is 4.07. The molecule has 1 saturated carbocycles. The first-order chi connectivity index (χ1) is 8.35. The molecule has 1 fully saturated rings. The number of thioether (sulfide) groups is 1. The van der Waals surface area contributed by atoms with E-state index in [0.29, 0.717) is 17.2 Å². The van der Waals surface area contributed by atoms with E-state index in [1.807, 2.05) is 11.8 Å². The third-order valence-electron chi connectivity index (χ3n) is 3.41. The smallest absolute Gasteiger partial charge is 0.237 e. The molecule has 18 heavy (non-hydrogen) atoms. The zero-order valence-electron chi connectivity index (χ0n) is 12.2. The van der Waals surface area contributed by atoms with Gasteiger partial charge in [0.2, 0.25) is 5.91 Å². The molecule has 0 aromatic rings. The van der Waals surface area contributed by atoms with E-state index in [1.54, 1.807) is 0 Å². The molecule has 2 unspecified atom stereocenters. The maximum atomic E-state index is 11.8. The molecule has 0 aliphatic heterocycles. The normalized spacial score (nSPS) is 28.9. The summed E-state index contributed by atoms with van der Waals surface area (Å²) in [4.78, 5) is 11.8. The topological polar surface area (TPSA) is 55.1 Å². The molecule has 3 N–H and O–H groups in total. The Bertz CT molecular complexity index is 281. The van der Waals surface area contributed by atoms with Crippen LogP contribution in [-0.2, 0) is 4.79 Å². The van der Waals surface area contributed by atoms with E-state index in [0.717, 1.165) is 19.3 Å². The van der Waals surface area contributed by atoms with Crippen LogP contribution < -0.4 is 11.1 Å². The van der Waals surface area contributed by atoms with E-state index in [2.05, 4.69) is 33.0 Å². The summed E-state index contributed by atoms with van der Waals surface area (Å²) in [6.07, 6.45) is 4.09. The first-order valence-corrected chi connectivity index (χ1v) is 8.10. The lowest BCUT2D eigenvalue weighted by molar-refractivity contribution is -0.126. The minimum atomic E-state index is -0.471. The number of hydrogen-bond acceptors (Lipinski definition) is 3. The lowest BCUT2D eigenvalue weighted by atomic mass is 9.80. The fourth-order valence-electron chi connectivity index (χ4n) is 2.67. The van der Waals surface area contributed by atoms with Crippen molar-refractivity contribution in [3.8, 4) is 0 Å². The third kappa shape index (κ3) is 4.47. The number of amides is 1. The van der Waals surface area contributed by atoms with Gasteiger partial charge in [-0.15, -0.1) is 0 Å². The quantitative estimate of drug-likeness (QED) is 0.781. The Kier molecular flexibility index (Phi) is 5.99. The van der Waals surface area contributed by atoms with Crippen LogP contribution in [0.15, 0.2) is 0 Å². The maximum absolute atomic E-state index is 11.8. The number of nitrogens with two attached hydrogens (primary N) is 1. The van der Waals surface area contributed by atoms with Crippen molar-refractivity contribution in [2.75, 3.05) is 5.75 Å². The lowest BCUT2D eigenvalue weighted by Crippen LogP contribution is -2.60. The van der Waals surface area contributed by atoms with Gasteiger partial charge in [0.25, 0.3) is 0 Å². The van der Waals surface area contributed by atoms with E-state index in [9.17, 15) is 4.79 Å². The molecule has 0 aromatic carbocycles. The van der Waals surface area contributed by atoms with Gasteiger partial charge in [-0.1, -0.05) is 13.8 Å². The van der Waals surface area contributed by atoms with Gasteiger partial charge < -0.3 is 11.1 Å². The summed E-state index contributed by atoms with van der Waals surface area (Å²) in [6, 6.07) is 0.298. The fraction of sp³-hybridized carbons (Fsp3) is 0.929. The minimum Gasteiger partial charge on any atom is -0.368 e. The summed E-state index contributed by atoms with van der Waals surface area (Å²) in [5.74, 6) is 1.70. The Labute approximate surface area is 116 Å². The van der Waals surface area contributed by atoms with Crippen LogP contribution in [-0.4, -0.2) is 28.5 Å². The third-order valence-corrected chi connectivity index (χ3v) is 5.14. The maximum Gasteiger partial charge on any atom is 0.237 e. The van der Waals surface area contributed by atoms with Gasteiger partial charge in [-0.05, 0) is 51.2 Å². The summed E-state index contributed by atoms with van der Waals surface area (Å²) in [5.41, 5.74) is 5.19. The van der Waals surface area contributed by atoms with Crippen molar-refractivity contribution in [3.63, 3.8) is 0 Å². The van der Waals surface area contributed by atoms with E-state index < -0.39 is 5.54 Å². The second-order valence-corrected chi connectivity index (χ2v) is 7.52. The molecule has 0 spiro atoms. The number of rotatable bonds is 6. The number of hydrogen-bond donors (Lipinski definition) is 2. The standard InChI is InChI=1S/C14H28N2OS/c1-10(2)9-18-12-6-5-7-14(8-12,13(15)17)16-11(3)4/h10-12,16H,5-9H2,1-4H3,(H2,15,17). The molecule has 3 nitrogen and oxygen atoms in total. The van der Waals surface area contributed by atoms with E-state index in [1.165, 1.54) is 12.2 Å². The predicted molar refractivity (Wildman–Crippen MR) is 79.7 cm³/mol. The van der Waals surface area contributed by atoms with Crippen molar-refractivity contribution in [1.82, 2.24) is 5.32 Å². The van der Waals surface area contributed by atoms with Gasteiger partial charge in [0, 0.05) is 11.3 Å². The van der Waals surface area contributed by atoms with Crippen LogP contribution in [0.25, 0.3) is 0 Å². The van der Waals surface area contributed by atoms with E-state index in [4.69, 9.17) is 5.73 Å². The van der Waals surface area contributed by atoms with Gasteiger partial charge in [-0.3, -0.25) is 4.79 Å². The number of carbonyl (C=O) groups is 1. The van der Waals surface area contributed by atoms with Gasteiger partial charge in [0.05, 0.1) is 5.54 Å². The van der Waals surface area contributed by atoms with Crippen molar-refractivity contribution in [2.24, 2.45) is 11.7 Å². The molecule has 2 atom stereocenters. The summed E-state index contributed by atoms with van der Waals surface area (Å²) in [7, 11) is 0. The largest absolute Gasteiger partial charge is 0.368 e. The molecule has 1 rings (SSSR count). The van der Waals surface area contributed by atoms with Crippen LogP contribution >= 0.6 is 11.8 Å². The molecule has 1 amide bonds. The van der Waals surface area contributed by atoms with Crippen LogP contribution in [0.1, 0.15) is 53.4 Å². The van der Waals surface area contributed by atoms with Gasteiger partial charge >= 0.3 is 0 Å². The van der Waals surface area contributed by atoms with Crippen molar-refractivity contribution in [1.29, 1.82) is 0 Å². The Morgan fingerprint density at radius 1 is 1.44 bits per heavy atom. The summed E-state index contributed by atoms with van der Waals surface area (Å²) in [6.45, 7) is 8.64. The molecule has 1 aliphatic rings. The van der Waals surface area contributed by atoms with Crippen molar-refractivity contribution in [3.05, 3.63) is 0 Å². The predicted octanol–water partition coefficient (Wildman–Crippen LogP) is 2.54. The first-order valence-electron chi connectivity index (χ1n) is 7.05. The van der Waals surface area contributed by atoms with Crippen molar-refractivity contribution in [2.45, 2.75) is 70.2 Å². The first kappa shape index (κ1) is 15.8.